The number of amides is 1. The van der Waals surface area contributed by atoms with Crippen LogP contribution in [0.5, 0.6) is 0 Å². The lowest BCUT2D eigenvalue weighted by molar-refractivity contribution is -0.131. The predicted octanol–water partition coefficient (Wildman–Crippen LogP) is 1.05. The molecule has 0 radical (unpaired) electrons. The lowest BCUT2D eigenvalue weighted by Crippen LogP contribution is -2.27. The minimum Gasteiger partial charge on any atom is -0.452 e. The molecule has 0 fully saturated rings. The van der Waals surface area contributed by atoms with Gasteiger partial charge in [0, 0.05) is 20.6 Å². The van der Waals surface area contributed by atoms with E-state index in [9.17, 15) is 18.0 Å². The molecule has 23 heavy (non-hydrogen) atoms. The smallest absolute Gasteiger partial charge is 0.338 e. The first-order valence-electron chi connectivity index (χ1n) is 6.46. The van der Waals surface area contributed by atoms with Crippen molar-refractivity contribution in [2.45, 2.75) is 4.90 Å². The molecule has 0 spiro atoms. The van der Waals surface area contributed by atoms with Gasteiger partial charge >= 0.3 is 5.97 Å². The highest BCUT2D eigenvalue weighted by molar-refractivity contribution is 7.89. The molecule has 0 aliphatic heterocycles. The average molecular weight is 361 g/mol. The molecule has 0 unspecified atom stereocenters. The van der Waals surface area contributed by atoms with E-state index in [4.69, 9.17) is 16.3 Å². The SMILES string of the molecule is C=CCNS(=O)(=O)c1cc(C(=O)OCC(=O)N(C)C)ccc1Cl. The first-order chi connectivity index (χ1) is 10.7. The van der Waals surface area contributed by atoms with Crippen molar-refractivity contribution in [3.63, 3.8) is 0 Å². The van der Waals surface area contributed by atoms with E-state index < -0.39 is 28.5 Å². The number of nitrogens with one attached hydrogen (secondary N) is 1. The van der Waals surface area contributed by atoms with Gasteiger partial charge in [-0.15, -0.1) is 6.58 Å². The van der Waals surface area contributed by atoms with Crippen molar-refractivity contribution < 1.29 is 22.7 Å². The third-order valence-electron chi connectivity index (χ3n) is 2.70. The number of hydrogen-bond acceptors (Lipinski definition) is 5. The number of esters is 1. The third kappa shape index (κ3) is 5.34. The minimum atomic E-state index is -3.89. The lowest BCUT2D eigenvalue weighted by Gasteiger charge is -2.11. The number of likely N-dealkylation sites (N-methyl/N-ethyl adjacent to an activating group) is 1. The van der Waals surface area contributed by atoms with Crippen LogP contribution in [0.1, 0.15) is 10.4 Å². The number of hydrogen-bond donors (Lipinski definition) is 1. The summed E-state index contributed by atoms with van der Waals surface area (Å²) >= 11 is 5.88. The van der Waals surface area contributed by atoms with E-state index >= 15 is 0 Å². The molecular formula is C14H17ClN2O5S. The number of rotatable bonds is 7. The normalized spacial score (nSPS) is 10.9. The summed E-state index contributed by atoms with van der Waals surface area (Å²) in [5.41, 5.74) is -0.0278. The van der Waals surface area contributed by atoms with E-state index in [2.05, 4.69) is 11.3 Å². The number of sulfonamides is 1. The quantitative estimate of drug-likeness (QED) is 0.579. The Morgan fingerprint density at radius 3 is 2.61 bits per heavy atom. The monoisotopic (exact) mass is 360 g/mol. The summed E-state index contributed by atoms with van der Waals surface area (Å²) in [6.45, 7) is 2.99. The fourth-order valence-corrected chi connectivity index (χ4v) is 2.94. The molecule has 1 aromatic rings. The Morgan fingerprint density at radius 2 is 2.04 bits per heavy atom. The Kier molecular flexibility index (Phi) is 6.74. The zero-order valence-corrected chi connectivity index (χ0v) is 14.3. The van der Waals surface area contributed by atoms with Crippen molar-refractivity contribution in [3.05, 3.63) is 41.4 Å². The highest BCUT2D eigenvalue weighted by Gasteiger charge is 2.20. The van der Waals surface area contributed by atoms with Crippen LogP contribution in [0.15, 0.2) is 35.7 Å². The molecule has 1 N–H and O–H groups in total. The fourth-order valence-electron chi connectivity index (χ4n) is 1.42. The summed E-state index contributed by atoms with van der Waals surface area (Å²) in [6.07, 6.45) is 1.37. The van der Waals surface area contributed by atoms with Gasteiger partial charge in [-0.2, -0.15) is 0 Å². The Labute approximate surface area is 139 Å². The highest BCUT2D eigenvalue weighted by Crippen LogP contribution is 2.23. The number of carbonyl (C=O) groups excluding carboxylic acids is 2. The Morgan fingerprint density at radius 1 is 1.39 bits per heavy atom. The van der Waals surface area contributed by atoms with E-state index in [0.717, 1.165) is 6.07 Å². The summed E-state index contributed by atoms with van der Waals surface area (Å²) in [4.78, 5) is 24.3. The van der Waals surface area contributed by atoms with Crippen molar-refractivity contribution in [2.75, 3.05) is 27.2 Å². The second-order valence-electron chi connectivity index (χ2n) is 4.65. The van der Waals surface area contributed by atoms with Crippen LogP contribution in [-0.2, 0) is 19.6 Å². The van der Waals surface area contributed by atoms with Crippen molar-refractivity contribution >= 4 is 33.5 Å². The molecule has 1 amide bonds. The largest absolute Gasteiger partial charge is 0.452 e. The van der Waals surface area contributed by atoms with E-state index in [1.54, 1.807) is 0 Å². The van der Waals surface area contributed by atoms with E-state index in [1.165, 1.54) is 37.2 Å². The molecule has 0 heterocycles. The molecule has 9 heteroatoms. The maximum absolute atomic E-state index is 12.1. The van der Waals surface area contributed by atoms with Crippen molar-refractivity contribution in [2.24, 2.45) is 0 Å². The third-order valence-corrected chi connectivity index (χ3v) is 4.60. The van der Waals surface area contributed by atoms with Gasteiger partial charge in [-0.3, -0.25) is 4.79 Å². The fraction of sp³-hybridized carbons (Fsp3) is 0.286. The second-order valence-corrected chi connectivity index (χ2v) is 6.79. The maximum atomic E-state index is 12.1. The molecule has 0 aliphatic rings. The van der Waals surface area contributed by atoms with Crippen LogP contribution in [0.2, 0.25) is 5.02 Å². The van der Waals surface area contributed by atoms with Gasteiger partial charge in [0.2, 0.25) is 10.0 Å². The van der Waals surface area contributed by atoms with E-state index in [0.29, 0.717) is 0 Å². The molecule has 0 bridgehead atoms. The van der Waals surface area contributed by atoms with Crippen molar-refractivity contribution in [3.8, 4) is 0 Å². The van der Waals surface area contributed by atoms with Crippen LogP contribution in [0, 0.1) is 0 Å². The van der Waals surface area contributed by atoms with Gasteiger partial charge < -0.3 is 9.64 Å². The number of benzene rings is 1. The molecule has 126 valence electrons. The van der Waals surface area contributed by atoms with Crippen molar-refractivity contribution in [1.29, 1.82) is 0 Å². The van der Waals surface area contributed by atoms with Crippen LogP contribution in [-0.4, -0.2) is 52.4 Å². The summed E-state index contributed by atoms with van der Waals surface area (Å²) in [7, 11) is -0.845. The van der Waals surface area contributed by atoms with Crippen LogP contribution in [0.4, 0.5) is 0 Å². The highest BCUT2D eigenvalue weighted by atomic mass is 35.5. The molecule has 0 saturated carbocycles. The molecule has 0 saturated heterocycles. The topological polar surface area (TPSA) is 92.8 Å². The molecule has 1 aromatic carbocycles. The molecule has 0 aliphatic carbocycles. The van der Waals surface area contributed by atoms with Gasteiger partial charge in [-0.1, -0.05) is 17.7 Å². The Bertz CT molecular complexity index is 716. The van der Waals surface area contributed by atoms with Gasteiger partial charge in [-0.25, -0.2) is 17.9 Å². The van der Waals surface area contributed by atoms with Gasteiger partial charge in [0.05, 0.1) is 10.6 Å². The second kappa shape index (κ2) is 8.09. The van der Waals surface area contributed by atoms with Crippen LogP contribution < -0.4 is 4.72 Å². The summed E-state index contributed by atoms with van der Waals surface area (Å²) in [5, 5.41) is -0.0394. The van der Waals surface area contributed by atoms with Crippen LogP contribution in [0.25, 0.3) is 0 Å². The standard InChI is InChI=1S/C14H17ClN2O5S/c1-4-7-16-23(20,21)12-8-10(5-6-11(12)15)14(19)22-9-13(18)17(2)3/h4-6,8,16H,1,7,9H2,2-3H3. The molecule has 7 nitrogen and oxygen atoms in total. The Balaban J connectivity index is 2.98. The predicted molar refractivity (Wildman–Crippen MR) is 85.8 cm³/mol. The van der Waals surface area contributed by atoms with Crippen LogP contribution in [0.3, 0.4) is 0 Å². The first-order valence-corrected chi connectivity index (χ1v) is 8.32. The summed E-state index contributed by atoms with van der Waals surface area (Å²) in [5.74, 6) is -1.22. The van der Waals surface area contributed by atoms with Gasteiger partial charge in [0.25, 0.3) is 5.91 Å². The molecule has 0 aromatic heterocycles. The Hall–Kier alpha value is -1.90. The molecule has 0 atom stereocenters. The van der Waals surface area contributed by atoms with Gasteiger partial charge in [-0.05, 0) is 18.2 Å². The van der Waals surface area contributed by atoms with Crippen LogP contribution >= 0.6 is 11.6 Å². The first kappa shape index (κ1) is 19.1. The number of nitrogens with zero attached hydrogens (tertiary/aromatic N) is 1. The van der Waals surface area contributed by atoms with Gasteiger partial charge in [0.15, 0.2) is 6.61 Å². The lowest BCUT2D eigenvalue weighted by atomic mass is 10.2. The minimum absolute atomic E-state index is 0.0185. The average Bonchev–Trinajstić information content (AvgIpc) is 2.50. The summed E-state index contributed by atoms with van der Waals surface area (Å²) in [6, 6.07) is 3.68. The molecule has 1 rings (SSSR count). The zero-order valence-electron chi connectivity index (χ0n) is 12.7. The van der Waals surface area contributed by atoms with E-state index in [1.807, 2.05) is 0 Å². The van der Waals surface area contributed by atoms with Gasteiger partial charge in [0.1, 0.15) is 4.90 Å². The summed E-state index contributed by atoms with van der Waals surface area (Å²) < 4.78 is 31.3. The number of ether oxygens (including phenoxy) is 1. The molecular weight excluding hydrogens is 344 g/mol. The zero-order chi connectivity index (χ0) is 17.6. The number of halogens is 1. The number of carbonyl (C=O) groups is 2. The van der Waals surface area contributed by atoms with Crippen molar-refractivity contribution in [1.82, 2.24) is 9.62 Å². The maximum Gasteiger partial charge on any atom is 0.338 e. The van der Waals surface area contributed by atoms with E-state index in [-0.39, 0.29) is 22.0 Å².